The van der Waals surface area contributed by atoms with Crippen molar-refractivity contribution in [2.24, 2.45) is 0 Å². The minimum absolute atomic E-state index is 0.101. The first-order valence-corrected chi connectivity index (χ1v) is 14.4. The van der Waals surface area contributed by atoms with E-state index in [0.717, 1.165) is 16.3 Å². The molecule has 0 bridgehead atoms. The minimum Gasteiger partial charge on any atom is -0.300 e. The van der Waals surface area contributed by atoms with Gasteiger partial charge in [0, 0.05) is 11.3 Å². The Bertz CT molecular complexity index is 1550. The van der Waals surface area contributed by atoms with Crippen LogP contribution in [-0.4, -0.2) is 38.0 Å². The van der Waals surface area contributed by atoms with Crippen LogP contribution in [0, 0.1) is 5.82 Å². The van der Waals surface area contributed by atoms with Crippen LogP contribution in [0.5, 0.6) is 0 Å². The average molecular weight is 569 g/mol. The summed E-state index contributed by atoms with van der Waals surface area (Å²) in [6.45, 7) is 0. The third kappa shape index (κ3) is 6.68. The molecule has 0 aliphatic heterocycles. The molecule has 2 aromatic heterocycles. The number of carbonyl (C=O) groups excluding carboxylic acids is 2. The van der Waals surface area contributed by atoms with E-state index in [9.17, 15) is 14.0 Å². The van der Waals surface area contributed by atoms with Crippen molar-refractivity contribution in [3.05, 3.63) is 83.7 Å². The highest BCUT2D eigenvalue weighted by Gasteiger charge is 2.15. The number of halogens is 1. The van der Waals surface area contributed by atoms with E-state index in [2.05, 4.69) is 31.0 Å². The maximum Gasteiger partial charge on any atom is 0.258 e. The van der Waals surface area contributed by atoms with Crippen LogP contribution < -0.4 is 10.6 Å². The number of nitrogens with zero attached hydrogens (tertiary/aromatic N) is 4. The number of thioether (sulfide) groups is 2. The molecule has 0 unspecified atom stereocenters. The highest BCUT2D eigenvalue weighted by Crippen LogP contribution is 2.30. The molecule has 0 saturated heterocycles. The number of aromatic nitrogens is 4. The van der Waals surface area contributed by atoms with Crippen LogP contribution in [0.4, 0.5) is 14.7 Å². The zero-order chi connectivity index (χ0) is 25.6. The Morgan fingerprint density at radius 3 is 2.24 bits per heavy atom. The summed E-state index contributed by atoms with van der Waals surface area (Å²) in [5.41, 5.74) is 1.52. The van der Waals surface area contributed by atoms with Gasteiger partial charge in [0.1, 0.15) is 5.82 Å². The van der Waals surface area contributed by atoms with Crippen LogP contribution in [0.1, 0.15) is 15.9 Å². The second kappa shape index (κ2) is 11.8. The molecule has 2 amide bonds. The van der Waals surface area contributed by atoms with Gasteiger partial charge >= 0.3 is 0 Å². The lowest BCUT2D eigenvalue weighted by molar-refractivity contribution is -0.113. The Hall–Kier alpha value is -3.39. The molecule has 186 valence electrons. The summed E-state index contributed by atoms with van der Waals surface area (Å²) in [6.07, 6.45) is 0. The molecule has 37 heavy (non-hydrogen) atoms. The van der Waals surface area contributed by atoms with E-state index in [1.54, 1.807) is 18.2 Å². The highest BCUT2D eigenvalue weighted by molar-refractivity contribution is 8.01. The molecule has 0 atom stereocenters. The topological polar surface area (TPSA) is 110 Å². The largest absolute Gasteiger partial charge is 0.300 e. The van der Waals surface area contributed by atoms with E-state index in [1.807, 2.05) is 36.4 Å². The first kappa shape index (κ1) is 25.3. The molecular formula is C24H17FN6O2S4. The second-order valence-electron chi connectivity index (χ2n) is 7.48. The van der Waals surface area contributed by atoms with Crippen molar-refractivity contribution >= 4 is 79.0 Å². The van der Waals surface area contributed by atoms with Gasteiger partial charge < -0.3 is 0 Å². The van der Waals surface area contributed by atoms with E-state index < -0.39 is 0 Å². The van der Waals surface area contributed by atoms with Gasteiger partial charge in [0.05, 0.1) is 5.75 Å². The van der Waals surface area contributed by atoms with Gasteiger partial charge in [-0.2, -0.15) is 0 Å². The van der Waals surface area contributed by atoms with Crippen LogP contribution in [0.15, 0.2) is 75.4 Å². The smallest absolute Gasteiger partial charge is 0.258 e. The van der Waals surface area contributed by atoms with Crippen molar-refractivity contribution < 1.29 is 14.0 Å². The quantitative estimate of drug-likeness (QED) is 0.166. The maximum atomic E-state index is 13.0. The predicted molar refractivity (Wildman–Crippen MR) is 147 cm³/mol. The highest BCUT2D eigenvalue weighted by atomic mass is 32.2. The van der Waals surface area contributed by atoms with E-state index in [0.29, 0.717) is 30.3 Å². The summed E-state index contributed by atoms with van der Waals surface area (Å²) < 4.78 is 14.3. The number of carbonyl (C=O) groups is 2. The normalized spacial score (nSPS) is 10.9. The number of hydrogen-bond donors (Lipinski definition) is 2. The molecule has 0 aliphatic carbocycles. The molecule has 3 aromatic carbocycles. The fourth-order valence-electron chi connectivity index (χ4n) is 3.23. The molecule has 0 spiro atoms. The molecule has 5 rings (SSSR count). The molecule has 8 nitrogen and oxygen atoms in total. The summed E-state index contributed by atoms with van der Waals surface area (Å²) in [4.78, 5) is 25.1. The van der Waals surface area contributed by atoms with Gasteiger partial charge in [-0.25, -0.2) is 4.39 Å². The number of nitrogens with one attached hydrogen (secondary N) is 2. The van der Waals surface area contributed by atoms with Crippen LogP contribution in [0.3, 0.4) is 0 Å². The number of hydrogen-bond acceptors (Lipinski definition) is 10. The van der Waals surface area contributed by atoms with Crippen LogP contribution in [0.25, 0.3) is 10.8 Å². The molecule has 13 heteroatoms. The lowest BCUT2D eigenvalue weighted by Crippen LogP contribution is -2.13. The molecule has 2 heterocycles. The first-order chi connectivity index (χ1) is 18.0. The standard InChI is InChI=1S/C24H17FN6O2S4/c25-16-10-8-14(9-11-16)12-34-23-30-28-21(36-23)26-19(32)13-35-24-31-29-22(37-24)27-20(33)18-7-3-5-15-4-1-2-6-17(15)18/h1-11H,12-13H2,(H,26,28,32)(H,27,29,33). The minimum atomic E-state index is -0.275. The van der Waals surface area contributed by atoms with E-state index in [1.165, 1.54) is 58.3 Å². The monoisotopic (exact) mass is 568 g/mol. The van der Waals surface area contributed by atoms with Gasteiger partial charge in [-0.1, -0.05) is 94.7 Å². The van der Waals surface area contributed by atoms with Crippen LogP contribution in [-0.2, 0) is 10.5 Å². The third-order valence-corrected chi connectivity index (χ3v) is 8.93. The van der Waals surface area contributed by atoms with Crippen LogP contribution in [0.2, 0.25) is 0 Å². The Morgan fingerprint density at radius 1 is 0.784 bits per heavy atom. The number of anilines is 2. The Labute approximate surface area is 227 Å². The average Bonchev–Trinajstić information content (AvgIpc) is 3.56. The van der Waals surface area contributed by atoms with Crippen molar-refractivity contribution in [2.75, 3.05) is 16.4 Å². The van der Waals surface area contributed by atoms with Crippen molar-refractivity contribution in [1.82, 2.24) is 20.4 Å². The zero-order valence-corrected chi connectivity index (χ0v) is 22.1. The lowest BCUT2D eigenvalue weighted by atomic mass is 10.0. The predicted octanol–water partition coefficient (Wildman–Crippen LogP) is 5.96. The molecule has 2 N–H and O–H groups in total. The summed E-state index contributed by atoms with van der Waals surface area (Å²) in [7, 11) is 0. The fourth-order valence-corrected chi connectivity index (χ4v) is 6.50. The fraction of sp³-hybridized carbons (Fsp3) is 0.0833. The molecular weight excluding hydrogens is 552 g/mol. The molecule has 0 saturated carbocycles. The molecule has 5 aromatic rings. The number of rotatable bonds is 9. The van der Waals surface area contributed by atoms with Gasteiger partial charge in [0.25, 0.3) is 5.91 Å². The van der Waals surface area contributed by atoms with E-state index >= 15 is 0 Å². The lowest BCUT2D eigenvalue weighted by Gasteiger charge is -2.05. The van der Waals surface area contributed by atoms with Crippen molar-refractivity contribution in [3.63, 3.8) is 0 Å². The van der Waals surface area contributed by atoms with Gasteiger partial charge in [-0.3, -0.25) is 20.2 Å². The van der Waals surface area contributed by atoms with Gasteiger partial charge in [-0.15, -0.1) is 20.4 Å². The summed E-state index contributed by atoms with van der Waals surface area (Å²) in [5, 5.41) is 24.2. The Morgan fingerprint density at radius 2 is 1.46 bits per heavy atom. The van der Waals surface area contributed by atoms with Crippen molar-refractivity contribution in [2.45, 2.75) is 14.4 Å². The number of benzene rings is 3. The molecule has 0 fully saturated rings. The Kier molecular flexibility index (Phi) is 8.04. The second-order valence-corrected chi connectivity index (χ2v) is 11.9. The van der Waals surface area contributed by atoms with Crippen molar-refractivity contribution in [3.8, 4) is 0 Å². The van der Waals surface area contributed by atoms with Crippen LogP contribution >= 0.6 is 46.2 Å². The summed E-state index contributed by atoms with van der Waals surface area (Å²) >= 11 is 5.13. The third-order valence-electron chi connectivity index (χ3n) is 4.92. The SMILES string of the molecule is O=C(CSc1nnc(NC(=O)c2cccc3ccccc23)s1)Nc1nnc(SCc2ccc(F)cc2)s1. The van der Waals surface area contributed by atoms with Gasteiger partial charge in [-0.05, 0) is 34.5 Å². The maximum absolute atomic E-state index is 13.0. The van der Waals surface area contributed by atoms with Gasteiger partial charge in [0.15, 0.2) is 8.68 Å². The van der Waals surface area contributed by atoms with Gasteiger partial charge in [0.2, 0.25) is 16.2 Å². The van der Waals surface area contributed by atoms with E-state index in [-0.39, 0.29) is 23.4 Å². The molecule has 0 radical (unpaired) electrons. The summed E-state index contributed by atoms with van der Waals surface area (Å²) in [5.74, 6) is -0.0825. The first-order valence-electron chi connectivity index (χ1n) is 10.8. The summed E-state index contributed by atoms with van der Waals surface area (Å²) in [6, 6.07) is 19.5. The number of fused-ring (bicyclic) bond motifs is 1. The Balaban J connectivity index is 1.10. The van der Waals surface area contributed by atoms with Crippen molar-refractivity contribution in [1.29, 1.82) is 0 Å². The molecule has 0 aliphatic rings. The van der Waals surface area contributed by atoms with E-state index in [4.69, 9.17) is 0 Å². The number of amides is 2. The zero-order valence-electron chi connectivity index (χ0n) is 18.9.